The van der Waals surface area contributed by atoms with Crippen molar-refractivity contribution in [3.05, 3.63) is 46.9 Å². The van der Waals surface area contributed by atoms with Crippen molar-refractivity contribution >= 4 is 28.5 Å². The standard InChI is InChI=1S/C14H14ClN5/c1-9-3-5-10(6-4-9)7-16-12-11-8-17-20(2)13(11)19-14(15)18-12/h3-6,8H,7H2,1-2H3,(H,16,18,19). The SMILES string of the molecule is Cc1ccc(CNc2nc(Cl)nc3c2cnn3C)cc1. The Hall–Kier alpha value is -2.14. The summed E-state index contributed by atoms with van der Waals surface area (Å²) in [5.41, 5.74) is 3.15. The fraction of sp³-hybridized carbons (Fsp3) is 0.214. The number of hydrogen-bond acceptors (Lipinski definition) is 4. The van der Waals surface area contributed by atoms with Crippen molar-refractivity contribution in [2.24, 2.45) is 7.05 Å². The molecule has 3 rings (SSSR count). The van der Waals surface area contributed by atoms with E-state index in [-0.39, 0.29) is 5.28 Å². The zero-order chi connectivity index (χ0) is 14.1. The van der Waals surface area contributed by atoms with Crippen LogP contribution in [-0.2, 0) is 13.6 Å². The lowest BCUT2D eigenvalue weighted by atomic mass is 10.1. The lowest BCUT2D eigenvalue weighted by molar-refractivity contribution is 0.785. The maximum Gasteiger partial charge on any atom is 0.226 e. The van der Waals surface area contributed by atoms with E-state index in [0.29, 0.717) is 12.4 Å². The van der Waals surface area contributed by atoms with E-state index >= 15 is 0 Å². The number of halogens is 1. The third-order valence-corrected chi connectivity index (χ3v) is 3.31. The predicted molar refractivity (Wildman–Crippen MR) is 79.8 cm³/mol. The second-order valence-corrected chi connectivity index (χ2v) is 5.02. The number of nitrogens with zero attached hydrogens (tertiary/aromatic N) is 4. The minimum Gasteiger partial charge on any atom is -0.365 e. The molecule has 0 unspecified atom stereocenters. The van der Waals surface area contributed by atoms with Crippen molar-refractivity contribution in [1.82, 2.24) is 19.7 Å². The molecule has 0 aliphatic rings. The van der Waals surface area contributed by atoms with Gasteiger partial charge in [-0.25, -0.2) is 0 Å². The van der Waals surface area contributed by atoms with Crippen molar-refractivity contribution in [2.45, 2.75) is 13.5 Å². The van der Waals surface area contributed by atoms with E-state index in [0.717, 1.165) is 11.0 Å². The molecule has 1 aromatic carbocycles. The van der Waals surface area contributed by atoms with Gasteiger partial charge in [-0.15, -0.1) is 0 Å². The fourth-order valence-electron chi connectivity index (χ4n) is 2.02. The lowest BCUT2D eigenvalue weighted by Crippen LogP contribution is -2.03. The number of hydrogen-bond donors (Lipinski definition) is 1. The van der Waals surface area contributed by atoms with E-state index in [1.54, 1.807) is 10.9 Å². The fourth-order valence-corrected chi connectivity index (χ4v) is 2.19. The average Bonchev–Trinajstić information content (AvgIpc) is 2.80. The molecule has 0 fully saturated rings. The highest BCUT2D eigenvalue weighted by molar-refractivity contribution is 6.28. The van der Waals surface area contributed by atoms with Crippen molar-refractivity contribution < 1.29 is 0 Å². The van der Waals surface area contributed by atoms with Crippen LogP contribution in [0.15, 0.2) is 30.5 Å². The zero-order valence-electron chi connectivity index (χ0n) is 11.3. The smallest absolute Gasteiger partial charge is 0.226 e. The summed E-state index contributed by atoms with van der Waals surface area (Å²) in [6, 6.07) is 8.35. The molecule has 0 aliphatic carbocycles. The number of anilines is 1. The van der Waals surface area contributed by atoms with Gasteiger partial charge >= 0.3 is 0 Å². The number of nitrogens with one attached hydrogen (secondary N) is 1. The molecular formula is C14H14ClN5. The van der Waals surface area contributed by atoms with Gasteiger partial charge < -0.3 is 5.32 Å². The van der Waals surface area contributed by atoms with Crippen molar-refractivity contribution in [1.29, 1.82) is 0 Å². The second-order valence-electron chi connectivity index (χ2n) is 4.69. The Balaban J connectivity index is 1.89. The zero-order valence-corrected chi connectivity index (χ0v) is 12.0. The first-order valence-corrected chi connectivity index (χ1v) is 6.66. The summed E-state index contributed by atoms with van der Waals surface area (Å²) in [7, 11) is 1.83. The van der Waals surface area contributed by atoms with E-state index in [1.165, 1.54) is 11.1 Å². The van der Waals surface area contributed by atoms with E-state index in [9.17, 15) is 0 Å². The van der Waals surface area contributed by atoms with Crippen molar-refractivity contribution in [3.63, 3.8) is 0 Å². The van der Waals surface area contributed by atoms with Crippen LogP contribution in [0, 0.1) is 6.92 Å². The predicted octanol–water partition coefficient (Wildman–Crippen LogP) is 2.94. The van der Waals surface area contributed by atoms with Crippen LogP contribution in [0.2, 0.25) is 5.28 Å². The maximum atomic E-state index is 5.95. The van der Waals surface area contributed by atoms with Crippen LogP contribution < -0.4 is 5.32 Å². The number of aromatic nitrogens is 4. The first-order chi connectivity index (χ1) is 9.63. The highest BCUT2D eigenvalue weighted by Crippen LogP contribution is 2.21. The first-order valence-electron chi connectivity index (χ1n) is 6.28. The molecule has 0 spiro atoms. The Morgan fingerprint density at radius 2 is 1.95 bits per heavy atom. The molecule has 0 saturated heterocycles. The van der Waals surface area contributed by atoms with Gasteiger partial charge in [-0.3, -0.25) is 4.68 Å². The van der Waals surface area contributed by atoms with Gasteiger partial charge in [-0.05, 0) is 24.1 Å². The third kappa shape index (κ3) is 2.44. The van der Waals surface area contributed by atoms with Crippen LogP contribution in [0.25, 0.3) is 11.0 Å². The molecule has 0 amide bonds. The van der Waals surface area contributed by atoms with Gasteiger partial charge in [0.05, 0.1) is 11.6 Å². The molecule has 5 nitrogen and oxygen atoms in total. The Kier molecular flexibility index (Phi) is 3.28. The number of fused-ring (bicyclic) bond motifs is 1. The molecule has 20 heavy (non-hydrogen) atoms. The molecule has 0 bridgehead atoms. The molecule has 6 heteroatoms. The van der Waals surface area contributed by atoms with Gasteiger partial charge in [0.2, 0.25) is 5.28 Å². The van der Waals surface area contributed by atoms with E-state index in [1.807, 2.05) is 7.05 Å². The van der Waals surface area contributed by atoms with Crippen molar-refractivity contribution in [2.75, 3.05) is 5.32 Å². The van der Waals surface area contributed by atoms with E-state index < -0.39 is 0 Å². The summed E-state index contributed by atoms with van der Waals surface area (Å²) >= 11 is 5.95. The van der Waals surface area contributed by atoms with E-state index in [4.69, 9.17) is 11.6 Å². The minimum absolute atomic E-state index is 0.215. The van der Waals surface area contributed by atoms with Gasteiger partial charge in [0.15, 0.2) is 5.65 Å². The summed E-state index contributed by atoms with van der Waals surface area (Å²) in [4.78, 5) is 8.41. The van der Waals surface area contributed by atoms with Crippen LogP contribution in [0.1, 0.15) is 11.1 Å². The Bertz CT molecular complexity index is 748. The van der Waals surface area contributed by atoms with Gasteiger partial charge in [0, 0.05) is 13.6 Å². The highest BCUT2D eigenvalue weighted by atomic mass is 35.5. The van der Waals surface area contributed by atoms with Gasteiger partial charge in [-0.2, -0.15) is 15.1 Å². The molecule has 0 atom stereocenters. The summed E-state index contributed by atoms with van der Waals surface area (Å²) in [5.74, 6) is 0.702. The molecule has 0 aliphatic heterocycles. The normalized spacial score (nSPS) is 10.9. The molecule has 1 N–H and O–H groups in total. The largest absolute Gasteiger partial charge is 0.365 e. The van der Waals surface area contributed by atoms with Gasteiger partial charge in [-0.1, -0.05) is 29.8 Å². The molecule has 0 radical (unpaired) electrons. The number of rotatable bonds is 3. The molecule has 102 valence electrons. The summed E-state index contributed by atoms with van der Waals surface area (Å²) < 4.78 is 1.68. The van der Waals surface area contributed by atoms with E-state index in [2.05, 4.69) is 51.6 Å². The molecule has 0 saturated carbocycles. The highest BCUT2D eigenvalue weighted by Gasteiger charge is 2.10. The summed E-state index contributed by atoms with van der Waals surface area (Å²) in [6.07, 6.45) is 1.74. The Morgan fingerprint density at radius 3 is 2.70 bits per heavy atom. The van der Waals surface area contributed by atoms with Crippen molar-refractivity contribution in [3.8, 4) is 0 Å². The monoisotopic (exact) mass is 287 g/mol. The lowest BCUT2D eigenvalue weighted by Gasteiger charge is -2.07. The number of aryl methyl sites for hydroxylation is 2. The van der Waals surface area contributed by atoms with Crippen LogP contribution >= 0.6 is 11.6 Å². The summed E-state index contributed by atoms with van der Waals surface area (Å²) in [5, 5.41) is 8.55. The molecular weight excluding hydrogens is 274 g/mol. The molecule has 3 aromatic rings. The number of benzene rings is 1. The van der Waals surface area contributed by atoms with Gasteiger partial charge in [0.25, 0.3) is 0 Å². The molecule has 2 heterocycles. The van der Waals surface area contributed by atoms with Crippen LogP contribution in [0.5, 0.6) is 0 Å². The van der Waals surface area contributed by atoms with Crippen LogP contribution in [-0.4, -0.2) is 19.7 Å². The van der Waals surface area contributed by atoms with Gasteiger partial charge in [0.1, 0.15) is 5.82 Å². The topological polar surface area (TPSA) is 55.6 Å². The quantitative estimate of drug-likeness (QED) is 0.753. The first kappa shape index (κ1) is 12.9. The molecule has 2 aromatic heterocycles. The minimum atomic E-state index is 0.215. The maximum absolute atomic E-state index is 5.95. The third-order valence-electron chi connectivity index (χ3n) is 3.15. The Morgan fingerprint density at radius 1 is 1.20 bits per heavy atom. The summed E-state index contributed by atoms with van der Waals surface area (Å²) in [6.45, 7) is 2.75. The van der Waals surface area contributed by atoms with Crippen LogP contribution in [0.3, 0.4) is 0 Å². The average molecular weight is 288 g/mol. The van der Waals surface area contributed by atoms with Crippen LogP contribution in [0.4, 0.5) is 5.82 Å². The Labute approximate surface area is 121 Å². The second kappa shape index (κ2) is 5.09.